The molecule has 0 aliphatic carbocycles. The second-order valence-corrected chi connectivity index (χ2v) is 2.00. The molecule has 0 rings (SSSR count). The molecule has 0 aromatic heterocycles. The zero-order valence-electron chi connectivity index (χ0n) is 6.54. The zero-order valence-corrected chi connectivity index (χ0v) is 6.54. The first-order valence-electron chi connectivity index (χ1n) is 3.34. The van der Waals surface area contributed by atoms with Crippen LogP contribution in [0.2, 0.25) is 0 Å². The van der Waals surface area contributed by atoms with Gasteiger partial charge < -0.3 is 9.84 Å². The van der Waals surface area contributed by atoms with Crippen LogP contribution in [0.1, 0.15) is 6.92 Å². The van der Waals surface area contributed by atoms with Gasteiger partial charge in [0.15, 0.2) is 0 Å². The Balaban J connectivity index is 3.54. The van der Waals surface area contributed by atoms with E-state index in [4.69, 9.17) is 5.11 Å². The maximum Gasteiger partial charge on any atom is 0.323 e. The predicted molar refractivity (Wildman–Crippen MR) is 40.8 cm³/mol. The van der Waals surface area contributed by atoms with E-state index in [9.17, 15) is 4.79 Å². The molecule has 0 aliphatic heterocycles. The number of nitrogens with one attached hydrogen (secondary N) is 1. The monoisotopic (exact) mass is 159 g/mol. The number of ether oxygens (including phenoxy) is 1. The molecule has 0 amide bonds. The largest absolute Gasteiger partial charge is 0.460 e. The first kappa shape index (κ1) is 10.1. The van der Waals surface area contributed by atoms with Crippen LogP contribution >= 0.6 is 0 Å². The third-order valence-electron chi connectivity index (χ3n) is 1.09. The summed E-state index contributed by atoms with van der Waals surface area (Å²) in [6, 6.07) is -0.472. The lowest BCUT2D eigenvalue weighted by molar-refractivity contribution is -0.144. The number of rotatable bonds is 5. The molecule has 64 valence electrons. The molecule has 4 heteroatoms. The van der Waals surface area contributed by atoms with Gasteiger partial charge in [0.25, 0.3) is 0 Å². The van der Waals surface area contributed by atoms with Crippen LogP contribution in [0.25, 0.3) is 0 Å². The van der Waals surface area contributed by atoms with Crippen LogP contribution in [0.15, 0.2) is 12.7 Å². The first-order valence-corrected chi connectivity index (χ1v) is 3.34. The Labute approximate surface area is 65.9 Å². The van der Waals surface area contributed by atoms with Gasteiger partial charge in [0.2, 0.25) is 0 Å². The molecule has 4 nitrogen and oxygen atoms in total. The van der Waals surface area contributed by atoms with Gasteiger partial charge in [-0.3, -0.25) is 10.1 Å². The molecule has 0 saturated carbocycles. The van der Waals surface area contributed by atoms with Crippen molar-refractivity contribution in [2.75, 3.05) is 13.3 Å². The Hall–Kier alpha value is -0.870. The van der Waals surface area contributed by atoms with E-state index in [-0.39, 0.29) is 19.3 Å². The number of carbonyl (C=O) groups is 1. The number of carbonyl (C=O) groups excluding carboxylic acids is 1. The number of esters is 1. The van der Waals surface area contributed by atoms with E-state index in [1.807, 2.05) is 0 Å². The molecule has 0 heterocycles. The summed E-state index contributed by atoms with van der Waals surface area (Å²) in [6.45, 7) is 4.98. The van der Waals surface area contributed by atoms with Crippen molar-refractivity contribution in [3.8, 4) is 0 Å². The van der Waals surface area contributed by atoms with Crippen LogP contribution in [0, 0.1) is 0 Å². The van der Waals surface area contributed by atoms with Gasteiger partial charge in [0.05, 0.1) is 6.73 Å². The average Bonchev–Trinajstić information content (AvgIpc) is 2.00. The van der Waals surface area contributed by atoms with Crippen molar-refractivity contribution in [2.45, 2.75) is 13.0 Å². The molecular weight excluding hydrogens is 146 g/mol. The summed E-state index contributed by atoms with van der Waals surface area (Å²) in [7, 11) is 0. The molecule has 11 heavy (non-hydrogen) atoms. The van der Waals surface area contributed by atoms with Gasteiger partial charge in [-0.1, -0.05) is 12.7 Å². The summed E-state index contributed by atoms with van der Waals surface area (Å²) in [5.41, 5.74) is 0. The third-order valence-corrected chi connectivity index (χ3v) is 1.09. The van der Waals surface area contributed by atoms with E-state index in [1.54, 1.807) is 6.92 Å². The van der Waals surface area contributed by atoms with Crippen molar-refractivity contribution in [1.82, 2.24) is 5.32 Å². The Bertz CT molecular complexity index is 136. The molecule has 0 spiro atoms. The summed E-state index contributed by atoms with van der Waals surface area (Å²) < 4.78 is 4.67. The lowest BCUT2D eigenvalue weighted by atomic mass is 10.3. The van der Waals surface area contributed by atoms with Crippen LogP contribution in [0.5, 0.6) is 0 Å². The number of aliphatic hydroxyl groups excluding tert-OH is 1. The van der Waals surface area contributed by atoms with Crippen molar-refractivity contribution < 1.29 is 14.6 Å². The van der Waals surface area contributed by atoms with Crippen LogP contribution < -0.4 is 5.32 Å². The van der Waals surface area contributed by atoms with E-state index < -0.39 is 6.04 Å². The minimum absolute atomic E-state index is 0.205. The lowest BCUT2D eigenvalue weighted by Gasteiger charge is -2.09. The van der Waals surface area contributed by atoms with Gasteiger partial charge >= 0.3 is 5.97 Å². The molecule has 0 saturated heterocycles. The fourth-order valence-electron chi connectivity index (χ4n) is 0.486. The van der Waals surface area contributed by atoms with Gasteiger partial charge in [0, 0.05) is 0 Å². The second kappa shape index (κ2) is 5.88. The molecule has 2 N–H and O–H groups in total. The normalized spacial score (nSPS) is 12.2. The summed E-state index contributed by atoms with van der Waals surface area (Å²) >= 11 is 0. The molecule has 0 aliphatic rings. The Morgan fingerprint density at radius 2 is 2.55 bits per heavy atom. The van der Waals surface area contributed by atoms with Crippen molar-refractivity contribution in [3.05, 3.63) is 12.7 Å². The van der Waals surface area contributed by atoms with Crippen molar-refractivity contribution >= 4 is 5.97 Å². The van der Waals surface area contributed by atoms with E-state index in [0.717, 1.165) is 0 Å². The highest BCUT2D eigenvalue weighted by molar-refractivity contribution is 5.75. The number of hydrogen-bond donors (Lipinski definition) is 2. The number of aliphatic hydroxyl groups is 1. The lowest BCUT2D eigenvalue weighted by Crippen LogP contribution is -2.35. The summed E-state index contributed by atoms with van der Waals surface area (Å²) in [4.78, 5) is 10.8. The second-order valence-electron chi connectivity index (χ2n) is 2.00. The van der Waals surface area contributed by atoms with Gasteiger partial charge in [-0.05, 0) is 6.92 Å². The highest BCUT2D eigenvalue weighted by atomic mass is 16.5. The molecule has 0 aromatic carbocycles. The topological polar surface area (TPSA) is 58.6 Å². The summed E-state index contributed by atoms with van der Waals surface area (Å²) in [6.07, 6.45) is 1.49. The Morgan fingerprint density at radius 1 is 1.91 bits per heavy atom. The van der Waals surface area contributed by atoms with Crippen LogP contribution in [-0.4, -0.2) is 30.5 Å². The molecular formula is C7H13NO3. The average molecular weight is 159 g/mol. The standard InChI is InChI=1S/C7H13NO3/c1-3-4-11-7(10)6(2)8-5-9/h3,6,8-9H,1,4-5H2,2H3/t6-/m0/s1. The van der Waals surface area contributed by atoms with E-state index in [0.29, 0.717) is 0 Å². The van der Waals surface area contributed by atoms with E-state index >= 15 is 0 Å². The van der Waals surface area contributed by atoms with Gasteiger partial charge in [-0.25, -0.2) is 0 Å². The quantitative estimate of drug-likeness (QED) is 0.327. The fourth-order valence-corrected chi connectivity index (χ4v) is 0.486. The highest BCUT2D eigenvalue weighted by Crippen LogP contribution is 1.86. The molecule has 1 atom stereocenters. The number of hydrogen-bond acceptors (Lipinski definition) is 4. The maximum absolute atomic E-state index is 10.8. The van der Waals surface area contributed by atoms with Gasteiger partial charge in [0.1, 0.15) is 12.6 Å². The van der Waals surface area contributed by atoms with E-state index in [2.05, 4.69) is 16.6 Å². The van der Waals surface area contributed by atoms with E-state index in [1.165, 1.54) is 6.08 Å². The molecule has 0 fully saturated rings. The van der Waals surface area contributed by atoms with Crippen molar-refractivity contribution in [1.29, 1.82) is 0 Å². The third kappa shape index (κ3) is 4.52. The predicted octanol–water partition coefficient (Wildman–Crippen LogP) is -0.357. The summed E-state index contributed by atoms with van der Waals surface area (Å²) in [5, 5.41) is 10.9. The smallest absolute Gasteiger partial charge is 0.323 e. The minimum atomic E-state index is -0.472. The molecule has 0 bridgehead atoms. The zero-order chi connectivity index (χ0) is 8.69. The highest BCUT2D eigenvalue weighted by Gasteiger charge is 2.11. The Morgan fingerprint density at radius 3 is 3.00 bits per heavy atom. The van der Waals surface area contributed by atoms with Crippen LogP contribution in [0.3, 0.4) is 0 Å². The van der Waals surface area contributed by atoms with Crippen molar-refractivity contribution in [2.24, 2.45) is 0 Å². The summed E-state index contributed by atoms with van der Waals surface area (Å²) in [5.74, 6) is -0.390. The van der Waals surface area contributed by atoms with Gasteiger partial charge in [-0.2, -0.15) is 0 Å². The van der Waals surface area contributed by atoms with Crippen LogP contribution in [-0.2, 0) is 9.53 Å². The SMILES string of the molecule is C=CCOC(=O)[C@H](C)NCO. The fraction of sp³-hybridized carbons (Fsp3) is 0.571. The van der Waals surface area contributed by atoms with Crippen molar-refractivity contribution in [3.63, 3.8) is 0 Å². The molecule has 0 unspecified atom stereocenters. The molecule has 0 aromatic rings. The maximum atomic E-state index is 10.8. The van der Waals surface area contributed by atoms with Gasteiger partial charge in [-0.15, -0.1) is 0 Å². The minimum Gasteiger partial charge on any atom is -0.460 e. The molecule has 0 radical (unpaired) electrons. The Kier molecular flexibility index (Phi) is 5.42. The first-order chi connectivity index (χ1) is 5.22. The van der Waals surface area contributed by atoms with Crippen LogP contribution in [0.4, 0.5) is 0 Å².